The summed E-state index contributed by atoms with van der Waals surface area (Å²) in [6, 6.07) is 0. The van der Waals surface area contributed by atoms with Crippen LogP contribution >= 0.6 is 0 Å². The van der Waals surface area contributed by atoms with Crippen molar-refractivity contribution in [1.82, 2.24) is 0 Å². The van der Waals surface area contributed by atoms with Crippen LogP contribution in [0.5, 0.6) is 0 Å². The Morgan fingerprint density at radius 2 is 1.76 bits per heavy atom. The molecule has 0 aliphatic heterocycles. The summed E-state index contributed by atoms with van der Waals surface area (Å²) in [5.41, 5.74) is 0. The van der Waals surface area contributed by atoms with Crippen LogP contribution in [-0.2, 0) is 9.59 Å². The minimum atomic E-state index is -0.736. The largest absolute Gasteiger partial charge is 0.481 e. The molecule has 0 radical (unpaired) electrons. The Bertz CT molecular complexity index is 315. The van der Waals surface area contributed by atoms with Crippen LogP contribution in [0.4, 0.5) is 0 Å². The summed E-state index contributed by atoms with van der Waals surface area (Å²) in [5, 5.41) is 8.46. The summed E-state index contributed by atoms with van der Waals surface area (Å²) in [7, 11) is 0. The molecule has 1 N–H and O–H groups in total. The van der Waals surface area contributed by atoms with E-state index in [9.17, 15) is 9.59 Å². The maximum atomic E-state index is 11.8. The van der Waals surface area contributed by atoms with E-state index in [1.54, 1.807) is 0 Å². The lowest BCUT2D eigenvalue weighted by Crippen LogP contribution is -2.12. The maximum Gasteiger partial charge on any atom is 0.303 e. The molecule has 3 heteroatoms. The summed E-state index contributed by atoms with van der Waals surface area (Å²) in [5.74, 6) is -0.358. The zero-order valence-corrected chi connectivity index (χ0v) is 10.1. The SMILES string of the molecule is O=C(O)CCCCCCC(=O)C1C=CC=CC1. The lowest BCUT2D eigenvalue weighted by atomic mass is 9.93. The third kappa shape index (κ3) is 6.05. The average Bonchev–Trinajstić information content (AvgIpc) is 2.34. The van der Waals surface area contributed by atoms with Crippen LogP contribution in [0.2, 0.25) is 0 Å². The van der Waals surface area contributed by atoms with Crippen molar-refractivity contribution < 1.29 is 14.7 Å². The van der Waals surface area contributed by atoms with Crippen LogP contribution in [0, 0.1) is 5.92 Å². The third-order valence-corrected chi connectivity index (χ3v) is 2.96. The lowest BCUT2D eigenvalue weighted by molar-refractivity contribution is -0.137. The smallest absolute Gasteiger partial charge is 0.303 e. The fourth-order valence-corrected chi connectivity index (χ4v) is 1.93. The minimum absolute atomic E-state index is 0.0685. The predicted molar refractivity (Wildman–Crippen MR) is 66.7 cm³/mol. The highest BCUT2D eigenvalue weighted by Crippen LogP contribution is 2.16. The zero-order valence-electron chi connectivity index (χ0n) is 10.1. The number of ketones is 1. The van der Waals surface area contributed by atoms with Gasteiger partial charge in [0.15, 0.2) is 0 Å². The molecule has 1 rings (SSSR count). The number of carboxylic acids is 1. The monoisotopic (exact) mass is 236 g/mol. The second-order valence-electron chi connectivity index (χ2n) is 4.43. The topological polar surface area (TPSA) is 54.4 Å². The number of carboxylic acid groups (broad SMARTS) is 1. The van der Waals surface area contributed by atoms with Gasteiger partial charge < -0.3 is 5.11 Å². The van der Waals surface area contributed by atoms with E-state index in [-0.39, 0.29) is 12.3 Å². The second kappa shape index (κ2) is 7.82. The first-order chi connectivity index (χ1) is 8.20. The van der Waals surface area contributed by atoms with Gasteiger partial charge in [0.05, 0.1) is 0 Å². The summed E-state index contributed by atoms with van der Waals surface area (Å²) >= 11 is 0. The molecule has 0 amide bonds. The van der Waals surface area contributed by atoms with Gasteiger partial charge in [0.25, 0.3) is 0 Å². The highest BCUT2D eigenvalue weighted by Gasteiger charge is 2.14. The molecule has 0 aromatic heterocycles. The van der Waals surface area contributed by atoms with E-state index in [1.807, 2.05) is 24.3 Å². The third-order valence-electron chi connectivity index (χ3n) is 2.96. The minimum Gasteiger partial charge on any atom is -0.481 e. The molecule has 0 spiro atoms. The fourth-order valence-electron chi connectivity index (χ4n) is 1.93. The fraction of sp³-hybridized carbons (Fsp3) is 0.571. The van der Waals surface area contributed by atoms with Gasteiger partial charge in [-0.25, -0.2) is 0 Å². The second-order valence-corrected chi connectivity index (χ2v) is 4.43. The number of aliphatic carboxylic acids is 1. The molecule has 1 atom stereocenters. The molecule has 0 aromatic rings. The Labute approximate surface area is 102 Å². The van der Waals surface area contributed by atoms with Crippen LogP contribution in [0.3, 0.4) is 0 Å². The zero-order chi connectivity index (χ0) is 12.5. The van der Waals surface area contributed by atoms with Gasteiger partial charge in [0, 0.05) is 18.8 Å². The Morgan fingerprint density at radius 3 is 2.35 bits per heavy atom. The lowest BCUT2D eigenvalue weighted by Gasteiger charge is -2.11. The van der Waals surface area contributed by atoms with E-state index in [0.29, 0.717) is 12.2 Å². The van der Waals surface area contributed by atoms with Gasteiger partial charge in [0.2, 0.25) is 0 Å². The standard InChI is InChI=1S/C14H20O3/c15-13(12-8-4-3-5-9-12)10-6-1-2-7-11-14(16)17/h3-5,8,12H,1-2,6-7,9-11H2,(H,16,17). The summed E-state index contributed by atoms with van der Waals surface area (Å²) < 4.78 is 0. The Kier molecular flexibility index (Phi) is 6.30. The molecule has 94 valence electrons. The molecule has 0 bridgehead atoms. The van der Waals surface area contributed by atoms with Crippen LogP contribution in [0.15, 0.2) is 24.3 Å². The van der Waals surface area contributed by atoms with E-state index in [2.05, 4.69) is 0 Å². The quantitative estimate of drug-likeness (QED) is 0.659. The Morgan fingerprint density at radius 1 is 1.06 bits per heavy atom. The van der Waals surface area contributed by atoms with Crippen molar-refractivity contribution in [3.05, 3.63) is 24.3 Å². The molecular formula is C14H20O3. The molecule has 0 fully saturated rings. The van der Waals surface area contributed by atoms with Crippen LogP contribution in [0.1, 0.15) is 44.9 Å². The first kappa shape index (κ1) is 13.7. The number of carbonyl (C=O) groups is 2. The van der Waals surface area contributed by atoms with E-state index in [4.69, 9.17) is 5.11 Å². The molecule has 1 aliphatic rings. The number of Topliss-reactive ketones (excluding diaryl/α,β-unsaturated/α-hetero) is 1. The molecule has 0 saturated carbocycles. The average molecular weight is 236 g/mol. The number of rotatable bonds is 8. The van der Waals surface area contributed by atoms with Crippen molar-refractivity contribution >= 4 is 11.8 Å². The van der Waals surface area contributed by atoms with Gasteiger partial charge in [-0.2, -0.15) is 0 Å². The van der Waals surface area contributed by atoms with Gasteiger partial charge in [-0.05, 0) is 19.3 Å². The van der Waals surface area contributed by atoms with E-state index >= 15 is 0 Å². The van der Waals surface area contributed by atoms with Gasteiger partial charge in [-0.1, -0.05) is 37.1 Å². The molecule has 0 saturated heterocycles. The van der Waals surface area contributed by atoms with Crippen LogP contribution in [0.25, 0.3) is 0 Å². The molecule has 17 heavy (non-hydrogen) atoms. The van der Waals surface area contributed by atoms with Crippen molar-refractivity contribution in [3.8, 4) is 0 Å². The van der Waals surface area contributed by atoms with Crippen molar-refractivity contribution in [2.45, 2.75) is 44.9 Å². The molecule has 1 unspecified atom stereocenters. The van der Waals surface area contributed by atoms with Crippen LogP contribution in [-0.4, -0.2) is 16.9 Å². The number of carbonyl (C=O) groups excluding carboxylic acids is 1. The van der Waals surface area contributed by atoms with Gasteiger partial charge in [-0.15, -0.1) is 0 Å². The van der Waals surface area contributed by atoms with Gasteiger partial charge >= 0.3 is 5.97 Å². The Hall–Kier alpha value is -1.38. The first-order valence-corrected chi connectivity index (χ1v) is 6.28. The van der Waals surface area contributed by atoms with Crippen LogP contribution < -0.4 is 0 Å². The summed E-state index contributed by atoms with van der Waals surface area (Å²) in [6.07, 6.45) is 13.0. The number of unbranched alkanes of at least 4 members (excludes halogenated alkanes) is 3. The molecule has 1 aliphatic carbocycles. The maximum absolute atomic E-state index is 11.8. The summed E-state index contributed by atoms with van der Waals surface area (Å²) in [4.78, 5) is 22.0. The number of hydrogen-bond donors (Lipinski definition) is 1. The highest BCUT2D eigenvalue weighted by atomic mass is 16.4. The molecule has 3 nitrogen and oxygen atoms in total. The molecule has 0 heterocycles. The number of hydrogen-bond acceptors (Lipinski definition) is 2. The van der Waals surface area contributed by atoms with E-state index < -0.39 is 5.97 Å². The van der Waals surface area contributed by atoms with Gasteiger partial charge in [-0.3, -0.25) is 9.59 Å². The predicted octanol–water partition coefficient (Wildman–Crippen LogP) is 3.11. The molecule has 0 aromatic carbocycles. The van der Waals surface area contributed by atoms with Crippen molar-refractivity contribution in [3.63, 3.8) is 0 Å². The summed E-state index contributed by atoms with van der Waals surface area (Å²) in [6.45, 7) is 0. The molecular weight excluding hydrogens is 216 g/mol. The normalized spacial score (nSPS) is 18.2. The van der Waals surface area contributed by atoms with Crippen molar-refractivity contribution in [1.29, 1.82) is 0 Å². The van der Waals surface area contributed by atoms with E-state index in [1.165, 1.54) is 0 Å². The van der Waals surface area contributed by atoms with Crippen molar-refractivity contribution in [2.24, 2.45) is 5.92 Å². The highest BCUT2D eigenvalue weighted by molar-refractivity contribution is 5.83. The van der Waals surface area contributed by atoms with Gasteiger partial charge in [0.1, 0.15) is 5.78 Å². The first-order valence-electron chi connectivity index (χ1n) is 6.28. The number of allylic oxidation sites excluding steroid dienone is 4. The van der Waals surface area contributed by atoms with E-state index in [0.717, 1.165) is 32.1 Å². The van der Waals surface area contributed by atoms with Crippen molar-refractivity contribution in [2.75, 3.05) is 0 Å². The Balaban J connectivity index is 2.02.